The fourth-order valence-electron chi connectivity index (χ4n) is 8.29. The summed E-state index contributed by atoms with van der Waals surface area (Å²) in [6.45, 7) is 23.4. The Hall–Kier alpha value is -5.60. The second-order valence-corrected chi connectivity index (χ2v) is 20.3. The van der Waals surface area contributed by atoms with Crippen molar-refractivity contribution in [3.63, 3.8) is 0 Å². The van der Waals surface area contributed by atoms with E-state index in [0.717, 1.165) is 33.9 Å². The highest BCUT2D eigenvalue weighted by molar-refractivity contribution is 5.81. The maximum Gasteiger partial charge on any atom is 0.160 e. The van der Waals surface area contributed by atoms with Crippen molar-refractivity contribution in [3.8, 4) is 67.3 Å². The molecule has 0 atom stereocenters. The highest BCUT2D eigenvalue weighted by Crippen LogP contribution is 2.46. The lowest BCUT2D eigenvalue weighted by atomic mass is 9.65. The third-order valence-electron chi connectivity index (χ3n) is 12.5. The van der Waals surface area contributed by atoms with Gasteiger partial charge in [-0.15, -0.1) is 0 Å². The van der Waals surface area contributed by atoms with Crippen molar-refractivity contribution in [2.75, 3.05) is 0 Å². The Morgan fingerprint density at radius 2 is 0.746 bits per heavy atom. The Bertz CT molecular complexity index is 2530. The van der Waals surface area contributed by atoms with Gasteiger partial charge < -0.3 is 0 Å². The van der Waals surface area contributed by atoms with E-state index in [0.29, 0.717) is 0 Å². The van der Waals surface area contributed by atoms with Gasteiger partial charge in [-0.3, -0.25) is 0 Å². The Morgan fingerprint density at radius 1 is 0.373 bits per heavy atom. The van der Waals surface area contributed by atoms with Crippen LogP contribution in [-0.4, -0.2) is 9.97 Å². The number of benzene rings is 6. The van der Waals surface area contributed by atoms with Crippen LogP contribution < -0.4 is 0 Å². The van der Waals surface area contributed by atoms with Crippen LogP contribution in [0.15, 0.2) is 146 Å². The highest BCUT2D eigenvalue weighted by Gasteiger charge is 2.34. The minimum Gasteiger partial charge on any atom is -0.228 e. The fraction of sp³-hybridized carbons (Fsp3) is 0.298. The van der Waals surface area contributed by atoms with Crippen LogP contribution in [0.25, 0.3) is 67.3 Å². The van der Waals surface area contributed by atoms with Gasteiger partial charge in [0.05, 0.1) is 11.4 Å². The van der Waals surface area contributed by atoms with Crippen molar-refractivity contribution in [2.24, 2.45) is 0 Å². The molecule has 0 amide bonds. The smallest absolute Gasteiger partial charge is 0.160 e. The summed E-state index contributed by atoms with van der Waals surface area (Å²) in [5, 5.41) is 0. The van der Waals surface area contributed by atoms with E-state index >= 15 is 0 Å². The number of hydrogen-bond donors (Lipinski definition) is 0. The summed E-state index contributed by atoms with van der Waals surface area (Å²) in [6.07, 6.45) is 3.69. The van der Waals surface area contributed by atoms with Crippen molar-refractivity contribution in [3.05, 3.63) is 168 Å². The maximum absolute atomic E-state index is 5.18. The molecule has 1 aliphatic rings. The molecule has 0 saturated heterocycles. The SMILES string of the molecule is CC(C)(C)c1cc(-c2cc(C(C)(C)C)cc(C(C)(C)C)c2)cc(-c2cc(-c3cccc(-c4nc(-c5ccccc5)cc(-c5ccccc5)n4)c3)cc(C3(C)CCC3)c2)c1. The highest BCUT2D eigenvalue weighted by atomic mass is 14.9. The Labute approximate surface area is 353 Å². The van der Waals surface area contributed by atoms with Crippen molar-refractivity contribution in [1.29, 1.82) is 0 Å². The number of rotatable bonds is 7. The van der Waals surface area contributed by atoms with E-state index in [1.807, 2.05) is 12.1 Å². The van der Waals surface area contributed by atoms with E-state index in [4.69, 9.17) is 9.97 Å². The standard InChI is InChI=1S/C57H60N2/c1-54(2,3)47-30-43(29-44(31-47)46-32-48(55(4,5)6)36-49(33-46)56(7,8)9)45-28-42(34-50(35-45)57(10)25-18-26-57)40-23-17-24-41(27-40)53-58-51(38-19-13-11-14-20-38)37-52(59-53)39-21-15-12-16-22-39/h11-17,19-24,27-37H,18,25-26H2,1-10H3. The maximum atomic E-state index is 5.18. The van der Waals surface area contributed by atoms with Gasteiger partial charge >= 0.3 is 0 Å². The van der Waals surface area contributed by atoms with E-state index in [9.17, 15) is 0 Å². The minimum atomic E-state index is -0.0269. The zero-order chi connectivity index (χ0) is 41.7. The molecular weight excluding hydrogens is 713 g/mol. The second-order valence-electron chi connectivity index (χ2n) is 20.3. The topological polar surface area (TPSA) is 25.8 Å². The first-order valence-corrected chi connectivity index (χ1v) is 21.5. The third-order valence-corrected chi connectivity index (χ3v) is 12.5. The normalized spacial score (nSPS) is 14.2. The van der Waals surface area contributed by atoms with Gasteiger partial charge in [0.25, 0.3) is 0 Å². The van der Waals surface area contributed by atoms with Crippen LogP contribution in [0.4, 0.5) is 0 Å². The molecule has 0 radical (unpaired) electrons. The summed E-state index contributed by atoms with van der Waals surface area (Å²) in [7, 11) is 0. The van der Waals surface area contributed by atoms with Crippen molar-refractivity contribution >= 4 is 0 Å². The molecular formula is C57H60N2. The van der Waals surface area contributed by atoms with Gasteiger partial charge in [-0.1, -0.05) is 197 Å². The largest absolute Gasteiger partial charge is 0.228 e. The molecule has 2 heteroatoms. The molecule has 1 aliphatic carbocycles. The molecule has 0 aliphatic heterocycles. The van der Waals surface area contributed by atoms with Gasteiger partial charge in [-0.25, -0.2) is 9.97 Å². The summed E-state index contributed by atoms with van der Waals surface area (Å²) in [5.41, 5.74) is 18.2. The van der Waals surface area contributed by atoms with Crippen LogP contribution >= 0.6 is 0 Å². The monoisotopic (exact) mass is 772 g/mol. The molecule has 0 unspecified atom stereocenters. The summed E-state index contributed by atoms with van der Waals surface area (Å²) in [6, 6.07) is 53.8. The molecule has 8 rings (SSSR count). The van der Waals surface area contributed by atoms with E-state index in [-0.39, 0.29) is 21.7 Å². The number of nitrogens with zero attached hydrogens (tertiary/aromatic N) is 2. The van der Waals surface area contributed by atoms with Crippen molar-refractivity contribution in [1.82, 2.24) is 9.97 Å². The fourth-order valence-corrected chi connectivity index (χ4v) is 8.29. The minimum absolute atomic E-state index is 0.0269. The molecule has 7 aromatic rings. The van der Waals surface area contributed by atoms with E-state index < -0.39 is 0 Å². The van der Waals surface area contributed by atoms with Gasteiger partial charge in [0, 0.05) is 16.7 Å². The van der Waals surface area contributed by atoms with Gasteiger partial charge in [-0.2, -0.15) is 0 Å². The van der Waals surface area contributed by atoms with Crippen LogP contribution in [0.5, 0.6) is 0 Å². The molecule has 1 saturated carbocycles. The van der Waals surface area contributed by atoms with Crippen LogP contribution in [0.2, 0.25) is 0 Å². The number of hydrogen-bond acceptors (Lipinski definition) is 2. The first kappa shape index (κ1) is 40.2. The Balaban J connectivity index is 1.29. The molecule has 2 nitrogen and oxygen atoms in total. The van der Waals surface area contributed by atoms with Gasteiger partial charge in [0.2, 0.25) is 0 Å². The average Bonchev–Trinajstić information content (AvgIpc) is 3.22. The molecule has 298 valence electrons. The average molecular weight is 773 g/mol. The lowest BCUT2D eigenvalue weighted by Crippen LogP contribution is -2.30. The molecule has 0 spiro atoms. The van der Waals surface area contributed by atoms with Crippen molar-refractivity contribution in [2.45, 2.75) is 110 Å². The van der Waals surface area contributed by atoms with Gasteiger partial charge in [0.1, 0.15) is 0 Å². The Kier molecular flexibility index (Phi) is 10.4. The first-order valence-electron chi connectivity index (χ1n) is 21.5. The van der Waals surface area contributed by atoms with E-state index in [2.05, 4.69) is 203 Å². The Morgan fingerprint density at radius 3 is 1.19 bits per heavy atom. The lowest BCUT2D eigenvalue weighted by Gasteiger charge is -2.39. The van der Waals surface area contributed by atoms with E-state index in [1.165, 1.54) is 74.9 Å². The number of aromatic nitrogens is 2. The summed E-state index contributed by atoms with van der Waals surface area (Å²) < 4.78 is 0. The van der Waals surface area contributed by atoms with Gasteiger partial charge in [0.15, 0.2) is 5.82 Å². The molecule has 0 bridgehead atoms. The summed E-state index contributed by atoms with van der Waals surface area (Å²) in [4.78, 5) is 10.4. The third kappa shape index (κ3) is 8.60. The van der Waals surface area contributed by atoms with Crippen molar-refractivity contribution < 1.29 is 0 Å². The zero-order valence-corrected chi connectivity index (χ0v) is 36.9. The molecule has 1 aromatic heterocycles. The van der Waals surface area contributed by atoms with Crippen LogP contribution in [0.3, 0.4) is 0 Å². The van der Waals surface area contributed by atoms with Crippen LogP contribution in [0.1, 0.15) is 111 Å². The molecule has 59 heavy (non-hydrogen) atoms. The van der Waals surface area contributed by atoms with Gasteiger partial charge in [-0.05, 0) is 114 Å². The predicted octanol–water partition coefficient (Wildman–Crippen LogP) is 15.8. The molecule has 1 fully saturated rings. The zero-order valence-electron chi connectivity index (χ0n) is 36.9. The molecule has 0 N–H and O–H groups in total. The second kappa shape index (κ2) is 15.2. The van der Waals surface area contributed by atoms with E-state index in [1.54, 1.807) is 0 Å². The molecule has 6 aromatic carbocycles. The quantitative estimate of drug-likeness (QED) is 0.161. The lowest BCUT2D eigenvalue weighted by molar-refractivity contribution is 0.272. The van der Waals surface area contributed by atoms with Crippen LogP contribution in [0, 0.1) is 0 Å². The first-order chi connectivity index (χ1) is 27.9. The van der Waals surface area contributed by atoms with Crippen LogP contribution in [-0.2, 0) is 21.7 Å². The summed E-state index contributed by atoms with van der Waals surface area (Å²) >= 11 is 0. The predicted molar refractivity (Wildman–Crippen MR) is 252 cm³/mol. The summed E-state index contributed by atoms with van der Waals surface area (Å²) in [5.74, 6) is 0.726. The molecule has 1 heterocycles.